The largest absolute Gasteiger partial charge is 0.416 e. The van der Waals surface area contributed by atoms with Crippen molar-refractivity contribution in [1.29, 1.82) is 0 Å². The third-order valence-corrected chi connectivity index (χ3v) is 1.67. The Morgan fingerprint density at radius 3 is 1.92 bits per heavy atom. The summed E-state index contributed by atoms with van der Waals surface area (Å²) in [6, 6.07) is 4.76. The Bertz CT molecular complexity index is 311. The van der Waals surface area contributed by atoms with Crippen molar-refractivity contribution >= 4 is 5.71 Å². The first-order chi connectivity index (χ1) is 5.91. The molecule has 0 aliphatic rings. The van der Waals surface area contributed by atoms with Crippen LogP contribution >= 0.6 is 0 Å². The van der Waals surface area contributed by atoms with E-state index in [0.29, 0.717) is 11.3 Å². The Morgan fingerprint density at radius 1 is 1.15 bits per heavy atom. The van der Waals surface area contributed by atoms with E-state index in [2.05, 4.69) is 0 Å². The SMILES string of the molecule is CC(=[NH2+])c1ccc(C(F)(F)F)cc1. The fraction of sp³-hybridized carbons (Fsp3) is 0.222. The lowest BCUT2D eigenvalue weighted by Crippen LogP contribution is -2.38. The van der Waals surface area contributed by atoms with Crippen LogP contribution in [0.4, 0.5) is 13.2 Å². The van der Waals surface area contributed by atoms with Gasteiger partial charge in [-0.2, -0.15) is 13.2 Å². The second-order valence-electron chi connectivity index (χ2n) is 2.76. The summed E-state index contributed by atoms with van der Waals surface area (Å²) in [7, 11) is 0. The zero-order chi connectivity index (χ0) is 10.1. The van der Waals surface area contributed by atoms with E-state index in [1.807, 2.05) is 0 Å². The molecule has 0 amide bonds. The van der Waals surface area contributed by atoms with Gasteiger partial charge in [-0.25, -0.2) is 0 Å². The molecule has 1 rings (SSSR count). The molecule has 0 saturated carbocycles. The van der Waals surface area contributed by atoms with Gasteiger partial charge in [-0.1, -0.05) is 0 Å². The molecule has 70 valence electrons. The molecule has 0 aromatic heterocycles. The number of rotatable bonds is 1. The highest BCUT2D eigenvalue weighted by Crippen LogP contribution is 2.28. The van der Waals surface area contributed by atoms with Crippen molar-refractivity contribution < 1.29 is 18.6 Å². The zero-order valence-electron chi connectivity index (χ0n) is 7.02. The molecule has 1 aromatic rings. The van der Waals surface area contributed by atoms with Crippen LogP contribution in [0.25, 0.3) is 0 Å². The van der Waals surface area contributed by atoms with Gasteiger partial charge < -0.3 is 0 Å². The van der Waals surface area contributed by atoms with Crippen molar-refractivity contribution in [2.75, 3.05) is 0 Å². The topological polar surface area (TPSA) is 25.6 Å². The second kappa shape index (κ2) is 3.20. The van der Waals surface area contributed by atoms with Crippen LogP contribution in [0.1, 0.15) is 18.1 Å². The van der Waals surface area contributed by atoms with Crippen LogP contribution in [0, 0.1) is 0 Å². The highest BCUT2D eigenvalue weighted by molar-refractivity contribution is 5.93. The minimum Gasteiger partial charge on any atom is -0.258 e. The fourth-order valence-corrected chi connectivity index (χ4v) is 0.922. The summed E-state index contributed by atoms with van der Waals surface area (Å²) in [6.07, 6.45) is -4.28. The van der Waals surface area contributed by atoms with E-state index in [1.54, 1.807) is 6.92 Å². The van der Waals surface area contributed by atoms with Crippen molar-refractivity contribution in [3.8, 4) is 0 Å². The summed E-state index contributed by atoms with van der Waals surface area (Å²) < 4.78 is 36.2. The van der Waals surface area contributed by atoms with E-state index in [9.17, 15) is 13.2 Å². The first-order valence-corrected chi connectivity index (χ1v) is 3.68. The van der Waals surface area contributed by atoms with Crippen LogP contribution < -0.4 is 5.41 Å². The first-order valence-electron chi connectivity index (χ1n) is 3.68. The summed E-state index contributed by atoms with van der Waals surface area (Å²) in [4.78, 5) is 0. The van der Waals surface area contributed by atoms with Crippen LogP contribution in [-0.2, 0) is 6.18 Å². The highest BCUT2D eigenvalue weighted by atomic mass is 19.4. The maximum atomic E-state index is 12.1. The van der Waals surface area contributed by atoms with Gasteiger partial charge in [0.15, 0.2) is 5.71 Å². The van der Waals surface area contributed by atoms with E-state index in [1.165, 1.54) is 12.1 Å². The molecule has 1 aromatic carbocycles. The molecule has 13 heavy (non-hydrogen) atoms. The molecular weight excluding hydrogens is 179 g/mol. The molecule has 0 atom stereocenters. The lowest BCUT2D eigenvalue weighted by atomic mass is 10.1. The summed E-state index contributed by atoms with van der Waals surface area (Å²) >= 11 is 0. The molecule has 4 heteroatoms. The minimum atomic E-state index is -4.28. The van der Waals surface area contributed by atoms with E-state index in [4.69, 9.17) is 5.41 Å². The Balaban J connectivity index is 3.01. The molecule has 0 spiro atoms. The van der Waals surface area contributed by atoms with Crippen LogP contribution in [0.3, 0.4) is 0 Å². The smallest absolute Gasteiger partial charge is 0.258 e. The second-order valence-corrected chi connectivity index (χ2v) is 2.76. The van der Waals surface area contributed by atoms with Crippen molar-refractivity contribution in [3.05, 3.63) is 35.4 Å². The molecule has 0 heterocycles. The molecule has 0 saturated heterocycles. The van der Waals surface area contributed by atoms with Gasteiger partial charge in [-0.05, 0) is 24.3 Å². The van der Waals surface area contributed by atoms with E-state index in [0.717, 1.165) is 12.1 Å². The summed E-state index contributed by atoms with van der Waals surface area (Å²) in [5, 5.41) is 5.41. The van der Waals surface area contributed by atoms with E-state index >= 15 is 0 Å². The maximum absolute atomic E-state index is 12.1. The third-order valence-electron chi connectivity index (χ3n) is 1.67. The van der Waals surface area contributed by atoms with Gasteiger partial charge in [0.25, 0.3) is 0 Å². The molecular formula is C9H9F3N+. The van der Waals surface area contributed by atoms with Gasteiger partial charge in [0.2, 0.25) is 0 Å². The van der Waals surface area contributed by atoms with Crippen molar-refractivity contribution in [3.63, 3.8) is 0 Å². The molecule has 0 fully saturated rings. The summed E-state index contributed by atoms with van der Waals surface area (Å²) in [6.45, 7) is 1.64. The van der Waals surface area contributed by atoms with Crippen LogP contribution in [-0.4, -0.2) is 5.71 Å². The van der Waals surface area contributed by atoms with Crippen LogP contribution in [0.5, 0.6) is 0 Å². The Labute approximate surface area is 73.7 Å². The van der Waals surface area contributed by atoms with E-state index < -0.39 is 11.7 Å². The minimum absolute atomic E-state index is 0.508. The average Bonchev–Trinajstić information content (AvgIpc) is 2.03. The molecule has 2 N–H and O–H groups in total. The van der Waals surface area contributed by atoms with E-state index in [-0.39, 0.29) is 0 Å². The number of nitrogens with two attached hydrogens (primary N) is 1. The van der Waals surface area contributed by atoms with Gasteiger partial charge >= 0.3 is 6.18 Å². The normalized spacial score (nSPS) is 11.4. The number of alkyl halides is 3. The predicted molar refractivity (Wildman–Crippen MR) is 43.2 cm³/mol. The summed E-state index contributed by atoms with van der Waals surface area (Å²) in [5.74, 6) is 0. The van der Waals surface area contributed by atoms with Crippen molar-refractivity contribution in [1.82, 2.24) is 0 Å². The molecule has 0 unspecified atom stereocenters. The van der Waals surface area contributed by atoms with Gasteiger partial charge in [0.1, 0.15) is 0 Å². The average molecular weight is 188 g/mol. The van der Waals surface area contributed by atoms with Crippen molar-refractivity contribution in [2.45, 2.75) is 13.1 Å². The Kier molecular flexibility index (Phi) is 2.40. The number of halogens is 3. The highest BCUT2D eigenvalue weighted by Gasteiger charge is 2.30. The molecule has 0 bridgehead atoms. The summed E-state index contributed by atoms with van der Waals surface area (Å²) in [5.41, 5.74) is 0.472. The van der Waals surface area contributed by atoms with Gasteiger partial charge in [0.05, 0.1) is 5.56 Å². The fourth-order valence-electron chi connectivity index (χ4n) is 0.922. The van der Waals surface area contributed by atoms with Crippen LogP contribution in [0.2, 0.25) is 0 Å². The Morgan fingerprint density at radius 2 is 1.62 bits per heavy atom. The molecule has 1 nitrogen and oxygen atoms in total. The lowest BCUT2D eigenvalue weighted by molar-refractivity contribution is -0.137. The number of hydrogen-bond donors (Lipinski definition) is 1. The maximum Gasteiger partial charge on any atom is 0.416 e. The molecule has 0 aliphatic heterocycles. The first kappa shape index (κ1) is 9.77. The van der Waals surface area contributed by atoms with Crippen molar-refractivity contribution in [2.24, 2.45) is 0 Å². The number of benzene rings is 1. The Hall–Kier alpha value is -1.32. The zero-order valence-corrected chi connectivity index (χ0v) is 7.02. The third kappa shape index (κ3) is 2.31. The standard InChI is InChI=1S/C9H8F3N/c1-6(13)7-2-4-8(5-3-7)9(10,11)12/h2-5,13H,1H3/p+1. The number of hydrogen-bond acceptors (Lipinski definition) is 0. The lowest BCUT2D eigenvalue weighted by Gasteiger charge is -2.05. The van der Waals surface area contributed by atoms with Gasteiger partial charge in [-0.15, -0.1) is 0 Å². The molecule has 0 aliphatic carbocycles. The molecule has 0 radical (unpaired) electrons. The van der Waals surface area contributed by atoms with Crippen LogP contribution in [0.15, 0.2) is 24.3 Å². The van der Waals surface area contributed by atoms with Gasteiger partial charge in [0, 0.05) is 12.5 Å². The monoisotopic (exact) mass is 188 g/mol. The predicted octanol–water partition coefficient (Wildman–Crippen LogP) is 1.27. The quantitative estimate of drug-likeness (QED) is 0.642. The van der Waals surface area contributed by atoms with Gasteiger partial charge in [-0.3, -0.25) is 5.41 Å².